The first-order chi connectivity index (χ1) is 9.58. The van der Waals surface area contributed by atoms with Crippen molar-refractivity contribution < 1.29 is 9.53 Å². The molecule has 3 N–H and O–H groups in total. The summed E-state index contributed by atoms with van der Waals surface area (Å²) in [5.74, 6) is 0.231. The van der Waals surface area contributed by atoms with E-state index in [0.29, 0.717) is 17.1 Å². The van der Waals surface area contributed by atoms with Crippen LogP contribution in [0.15, 0.2) is 51.4 Å². The monoisotopic (exact) mass is 398 g/mol. The van der Waals surface area contributed by atoms with Gasteiger partial charge in [0, 0.05) is 8.95 Å². The molecule has 0 bridgehead atoms. The third kappa shape index (κ3) is 3.74. The average molecular weight is 400 g/mol. The maximum atomic E-state index is 11.9. The van der Waals surface area contributed by atoms with E-state index in [4.69, 9.17) is 10.5 Å². The number of carbonyl (C=O) groups is 1. The third-order valence-electron chi connectivity index (χ3n) is 2.50. The lowest BCUT2D eigenvalue weighted by Gasteiger charge is -2.11. The largest absolute Gasteiger partial charge is 0.482 e. The zero-order chi connectivity index (χ0) is 14.5. The number of nitrogens with two attached hydrogens (primary N) is 1. The number of amides is 1. The minimum Gasteiger partial charge on any atom is -0.482 e. The zero-order valence-electron chi connectivity index (χ0n) is 10.4. The summed E-state index contributed by atoms with van der Waals surface area (Å²) in [7, 11) is 0. The van der Waals surface area contributed by atoms with Crippen LogP contribution in [0.3, 0.4) is 0 Å². The van der Waals surface area contributed by atoms with Crippen LogP contribution in [-0.4, -0.2) is 12.5 Å². The number of halogens is 2. The minimum absolute atomic E-state index is 0.109. The van der Waals surface area contributed by atoms with Crippen molar-refractivity contribution >= 4 is 49.1 Å². The number of nitrogen functional groups attached to an aromatic ring is 1. The molecule has 6 heteroatoms. The Bertz CT molecular complexity index is 612. The second-order valence-corrected chi connectivity index (χ2v) is 5.68. The van der Waals surface area contributed by atoms with Gasteiger partial charge in [0.1, 0.15) is 5.75 Å². The quantitative estimate of drug-likeness (QED) is 0.768. The predicted octanol–water partition coefficient (Wildman–Crippen LogP) is 3.81. The Morgan fingerprint density at radius 1 is 1.10 bits per heavy atom. The summed E-state index contributed by atoms with van der Waals surface area (Å²) < 4.78 is 6.97. The van der Waals surface area contributed by atoms with Crippen LogP contribution in [-0.2, 0) is 4.79 Å². The number of nitrogens with one attached hydrogen (secondary N) is 1. The van der Waals surface area contributed by atoms with Crippen LogP contribution in [0.1, 0.15) is 0 Å². The van der Waals surface area contributed by atoms with Crippen molar-refractivity contribution in [1.82, 2.24) is 0 Å². The molecular formula is C14H12Br2N2O2. The van der Waals surface area contributed by atoms with Gasteiger partial charge in [-0.15, -0.1) is 0 Å². The van der Waals surface area contributed by atoms with Crippen LogP contribution in [0, 0.1) is 0 Å². The molecule has 0 radical (unpaired) electrons. The normalized spacial score (nSPS) is 10.1. The highest BCUT2D eigenvalue weighted by atomic mass is 79.9. The lowest BCUT2D eigenvalue weighted by Crippen LogP contribution is -2.21. The molecule has 4 nitrogen and oxygen atoms in total. The summed E-state index contributed by atoms with van der Waals surface area (Å²) >= 11 is 6.76. The standard InChI is InChI=1S/C14H12Br2N2O2/c15-9-4-3-5-10(16)14(9)18-13(19)8-20-12-7-2-1-6-11(12)17/h1-7H,8,17H2,(H,18,19). The number of benzene rings is 2. The smallest absolute Gasteiger partial charge is 0.262 e. The van der Waals surface area contributed by atoms with Crippen LogP contribution in [0.5, 0.6) is 5.75 Å². The fourth-order valence-electron chi connectivity index (χ4n) is 1.55. The summed E-state index contributed by atoms with van der Waals surface area (Å²) in [4.78, 5) is 11.9. The van der Waals surface area contributed by atoms with E-state index in [-0.39, 0.29) is 12.5 Å². The van der Waals surface area contributed by atoms with Crippen LogP contribution >= 0.6 is 31.9 Å². The van der Waals surface area contributed by atoms with Crippen LogP contribution < -0.4 is 15.8 Å². The molecule has 0 saturated heterocycles. The number of hydrogen-bond donors (Lipinski definition) is 2. The number of hydrogen-bond acceptors (Lipinski definition) is 3. The Kier molecular flexibility index (Phi) is 5.03. The molecule has 0 aromatic heterocycles. The van der Waals surface area contributed by atoms with E-state index in [1.165, 1.54) is 0 Å². The molecule has 2 rings (SSSR count). The van der Waals surface area contributed by atoms with Crippen molar-refractivity contribution in [3.8, 4) is 5.75 Å². The summed E-state index contributed by atoms with van der Waals surface area (Å²) in [6, 6.07) is 12.6. The van der Waals surface area contributed by atoms with Gasteiger partial charge in [-0.2, -0.15) is 0 Å². The van der Waals surface area contributed by atoms with E-state index in [9.17, 15) is 4.79 Å². The lowest BCUT2D eigenvalue weighted by atomic mass is 10.3. The van der Waals surface area contributed by atoms with E-state index >= 15 is 0 Å². The Morgan fingerprint density at radius 3 is 2.40 bits per heavy atom. The molecule has 0 aliphatic heterocycles. The molecule has 1 amide bonds. The van der Waals surface area contributed by atoms with Gasteiger partial charge in [0.2, 0.25) is 0 Å². The van der Waals surface area contributed by atoms with E-state index < -0.39 is 0 Å². The highest BCUT2D eigenvalue weighted by Crippen LogP contribution is 2.30. The first-order valence-corrected chi connectivity index (χ1v) is 7.37. The van der Waals surface area contributed by atoms with E-state index in [0.717, 1.165) is 8.95 Å². The topological polar surface area (TPSA) is 64.3 Å². The molecule has 0 aliphatic rings. The SMILES string of the molecule is Nc1ccccc1OCC(=O)Nc1c(Br)cccc1Br. The maximum absolute atomic E-state index is 11.9. The molecule has 104 valence electrons. The first kappa shape index (κ1) is 14.9. The fraction of sp³-hybridized carbons (Fsp3) is 0.0714. The fourth-order valence-corrected chi connectivity index (χ4v) is 2.74. The minimum atomic E-state index is -0.263. The Labute approximate surface area is 133 Å². The van der Waals surface area contributed by atoms with Gasteiger partial charge in [-0.05, 0) is 56.1 Å². The highest BCUT2D eigenvalue weighted by Gasteiger charge is 2.10. The molecule has 2 aromatic rings. The second kappa shape index (κ2) is 6.76. The number of para-hydroxylation sites is 3. The molecule has 0 spiro atoms. The Balaban J connectivity index is 1.98. The van der Waals surface area contributed by atoms with Gasteiger partial charge in [-0.1, -0.05) is 18.2 Å². The lowest BCUT2D eigenvalue weighted by molar-refractivity contribution is -0.118. The number of ether oxygens (including phenoxy) is 1. The summed E-state index contributed by atoms with van der Waals surface area (Å²) in [6.45, 7) is -0.109. The number of anilines is 2. The van der Waals surface area contributed by atoms with Crippen LogP contribution in [0.4, 0.5) is 11.4 Å². The molecule has 0 heterocycles. The maximum Gasteiger partial charge on any atom is 0.262 e. The van der Waals surface area contributed by atoms with Gasteiger partial charge in [0.25, 0.3) is 5.91 Å². The zero-order valence-corrected chi connectivity index (χ0v) is 13.6. The predicted molar refractivity (Wildman–Crippen MR) is 86.8 cm³/mol. The van der Waals surface area contributed by atoms with Gasteiger partial charge >= 0.3 is 0 Å². The average Bonchev–Trinajstić information content (AvgIpc) is 2.42. The van der Waals surface area contributed by atoms with Crippen molar-refractivity contribution in [2.24, 2.45) is 0 Å². The first-order valence-electron chi connectivity index (χ1n) is 5.79. The Morgan fingerprint density at radius 2 is 1.75 bits per heavy atom. The molecule has 2 aromatic carbocycles. The third-order valence-corrected chi connectivity index (χ3v) is 3.83. The van der Waals surface area contributed by atoms with Gasteiger partial charge in [0.05, 0.1) is 11.4 Å². The van der Waals surface area contributed by atoms with Crippen molar-refractivity contribution in [3.63, 3.8) is 0 Å². The highest BCUT2D eigenvalue weighted by molar-refractivity contribution is 9.11. The summed E-state index contributed by atoms with van der Waals surface area (Å²) in [6.07, 6.45) is 0. The van der Waals surface area contributed by atoms with Crippen LogP contribution in [0.25, 0.3) is 0 Å². The number of rotatable bonds is 4. The van der Waals surface area contributed by atoms with E-state index in [2.05, 4.69) is 37.2 Å². The van der Waals surface area contributed by atoms with Gasteiger partial charge in [0.15, 0.2) is 6.61 Å². The second-order valence-electron chi connectivity index (χ2n) is 3.97. The molecule has 0 atom stereocenters. The van der Waals surface area contributed by atoms with Gasteiger partial charge in [-0.25, -0.2) is 0 Å². The van der Waals surface area contributed by atoms with Gasteiger partial charge < -0.3 is 15.8 Å². The summed E-state index contributed by atoms with van der Waals surface area (Å²) in [5.41, 5.74) is 6.91. The molecular weight excluding hydrogens is 388 g/mol. The van der Waals surface area contributed by atoms with Crippen molar-refractivity contribution in [2.75, 3.05) is 17.7 Å². The molecule has 0 unspecified atom stereocenters. The van der Waals surface area contributed by atoms with E-state index in [1.807, 2.05) is 18.2 Å². The van der Waals surface area contributed by atoms with Crippen molar-refractivity contribution in [3.05, 3.63) is 51.4 Å². The molecule has 0 saturated carbocycles. The van der Waals surface area contributed by atoms with Crippen LogP contribution in [0.2, 0.25) is 0 Å². The molecule has 20 heavy (non-hydrogen) atoms. The molecule has 0 fully saturated rings. The van der Waals surface area contributed by atoms with Gasteiger partial charge in [-0.3, -0.25) is 4.79 Å². The molecule has 0 aliphatic carbocycles. The summed E-state index contributed by atoms with van der Waals surface area (Å²) in [5, 5.41) is 2.77. The van der Waals surface area contributed by atoms with Crippen molar-refractivity contribution in [2.45, 2.75) is 0 Å². The van der Waals surface area contributed by atoms with Crippen molar-refractivity contribution in [1.29, 1.82) is 0 Å². The van der Waals surface area contributed by atoms with E-state index in [1.54, 1.807) is 24.3 Å². The number of carbonyl (C=O) groups excluding carboxylic acids is 1. The Hall–Kier alpha value is -1.53.